The quantitative estimate of drug-likeness (QED) is 0.853. The fourth-order valence-electron chi connectivity index (χ4n) is 1.92. The Bertz CT molecular complexity index is 295. The van der Waals surface area contributed by atoms with Crippen molar-refractivity contribution in [3.63, 3.8) is 0 Å². The van der Waals surface area contributed by atoms with E-state index in [-0.39, 0.29) is 0 Å². The highest BCUT2D eigenvalue weighted by molar-refractivity contribution is 7.99. The normalized spacial score (nSPS) is 21.8. The van der Waals surface area contributed by atoms with E-state index in [1.54, 1.807) is 6.26 Å². The van der Waals surface area contributed by atoms with E-state index in [4.69, 9.17) is 4.42 Å². The van der Waals surface area contributed by atoms with Gasteiger partial charge in [-0.2, -0.15) is 11.8 Å². The van der Waals surface area contributed by atoms with E-state index in [0.29, 0.717) is 0 Å². The number of hydrogen-bond donors (Lipinski definition) is 1. The number of oxazole rings is 1. The molecule has 1 saturated heterocycles. The summed E-state index contributed by atoms with van der Waals surface area (Å²) in [6.07, 6.45) is 5.45. The zero-order chi connectivity index (χ0) is 10.5. The maximum Gasteiger partial charge on any atom is 0.194 e. The van der Waals surface area contributed by atoms with Crippen LogP contribution in [0.4, 0.5) is 0 Å². The summed E-state index contributed by atoms with van der Waals surface area (Å²) >= 11 is 2.06. The van der Waals surface area contributed by atoms with Crippen molar-refractivity contribution in [2.75, 3.05) is 18.6 Å². The van der Waals surface area contributed by atoms with Crippen molar-refractivity contribution in [2.45, 2.75) is 25.8 Å². The molecular formula is C11H18N2OS. The van der Waals surface area contributed by atoms with Crippen molar-refractivity contribution < 1.29 is 4.42 Å². The molecule has 0 radical (unpaired) electrons. The first kappa shape index (κ1) is 11.0. The van der Waals surface area contributed by atoms with Gasteiger partial charge in [-0.3, -0.25) is 0 Å². The summed E-state index contributed by atoms with van der Waals surface area (Å²) in [6.45, 7) is 0.795. The number of aromatic nitrogens is 1. The van der Waals surface area contributed by atoms with Crippen LogP contribution in [-0.4, -0.2) is 23.5 Å². The molecule has 84 valence electrons. The zero-order valence-electron chi connectivity index (χ0n) is 9.16. The lowest BCUT2D eigenvalue weighted by atomic mass is 10.0. The molecule has 0 aliphatic carbocycles. The zero-order valence-corrected chi connectivity index (χ0v) is 9.98. The molecule has 1 aliphatic heterocycles. The summed E-state index contributed by atoms with van der Waals surface area (Å²) < 4.78 is 5.46. The molecule has 0 aromatic carbocycles. The Kier molecular flexibility index (Phi) is 4.09. The van der Waals surface area contributed by atoms with Crippen molar-refractivity contribution in [1.29, 1.82) is 0 Å². The van der Waals surface area contributed by atoms with E-state index >= 15 is 0 Å². The number of hydrogen-bond acceptors (Lipinski definition) is 4. The Morgan fingerprint density at radius 3 is 3.33 bits per heavy atom. The molecule has 1 unspecified atom stereocenters. The van der Waals surface area contributed by atoms with Crippen LogP contribution in [0.3, 0.4) is 0 Å². The highest BCUT2D eigenvalue weighted by Gasteiger charge is 2.16. The topological polar surface area (TPSA) is 38.1 Å². The van der Waals surface area contributed by atoms with Crippen LogP contribution in [0.25, 0.3) is 0 Å². The lowest BCUT2D eigenvalue weighted by Gasteiger charge is -2.19. The van der Waals surface area contributed by atoms with Crippen molar-refractivity contribution in [3.05, 3.63) is 17.8 Å². The predicted octanol–water partition coefficient (Wildman–Crippen LogP) is 2.08. The standard InChI is InChI=1S/C11H18N2OS/c1-12-6-10-7-14-11(13-10)5-9-3-2-4-15-8-9/h7,9,12H,2-6,8H2,1H3. The Morgan fingerprint density at radius 2 is 2.60 bits per heavy atom. The van der Waals surface area contributed by atoms with Gasteiger partial charge in [0.15, 0.2) is 5.89 Å². The van der Waals surface area contributed by atoms with Gasteiger partial charge in [-0.1, -0.05) is 0 Å². The predicted molar refractivity (Wildman–Crippen MR) is 63.0 cm³/mol. The molecule has 4 heteroatoms. The van der Waals surface area contributed by atoms with Crippen molar-refractivity contribution >= 4 is 11.8 Å². The molecule has 2 heterocycles. The van der Waals surface area contributed by atoms with Gasteiger partial charge in [-0.25, -0.2) is 4.98 Å². The third-order valence-electron chi connectivity index (χ3n) is 2.68. The average Bonchev–Trinajstić information content (AvgIpc) is 2.68. The molecule has 2 rings (SSSR count). The second-order valence-corrected chi connectivity index (χ2v) is 5.20. The summed E-state index contributed by atoms with van der Waals surface area (Å²) in [4.78, 5) is 4.46. The Morgan fingerprint density at radius 1 is 1.67 bits per heavy atom. The average molecular weight is 226 g/mol. The fourth-order valence-corrected chi connectivity index (χ4v) is 3.08. The molecule has 1 atom stereocenters. The minimum atomic E-state index is 0.768. The van der Waals surface area contributed by atoms with Gasteiger partial charge < -0.3 is 9.73 Å². The van der Waals surface area contributed by atoms with Crippen LogP contribution in [0.1, 0.15) is 24.4 Å². The first-order valence-electron chi connectivity index (χ1n) is 5.54. The third kappa shape index (κ3) is 3.24. The van der Waals surface area contributed by atoms with Crippen LogP contribution in [0.2, 0.25) is 0 Å². The number of rotatable bonds is 4. The summed E-state index contributed by atoms with van der Waals surface area (Å²) in [5.41, 5.74) is 1.01. The SMILES string of the molecule is CNCc1coc(CC2CCCSC2)n1. The molecule has 0 spiro atoms. The lowest BCUT2D eigenvalue weighted by molar-refractivity contribution is 0.426. The smallest absolute Gasteiger partial charge is 0.194 e. The van der Waals surface area contributed by atoms with Crippen LogP contribution < -0.4 is 5.32 Å². The molecule has 1 aliphatic rings. The molecule has 0 bridgehead atoms. The molecule has 0 saturated carbocycles. The van der Waals surface area contributed by atoms with E-state index in [0.717, 1.165) is 30.5 Å². The maximum absolute atomic E-state index is 5.46. The van der Waals surface area contributed by atoms with E-state index in [2.05, 4.69) is 22.1 Å². The first-order chi connectivity index (χ1) is 7.38. The Labute approximate surface area is 95.0 Å². The third-order valence-corrected chi connectivity index (χ3v) is 3.96. The molecule has 1 aromatic heterocycles. The van der Waals surface area contributed by atoms with Gasteiger partial charge in [0, 0.05) is 13.0 Å². The summed E-state index contributed by atoms with van der Waals surface area (Å²) in [7, 11) is 1.92. The molecule has 0 amide bonds. The van der Waals surface area contributed by atoms with Gasteiger partial charge >= 0.3 is 0 Å². The van der Waals surface area contributed by atoms with Crippen LogP contribution in [0.15, 0.2) is 10.7 Å². The molecule has 1 aromatic rings. The summed E-state index contributed by atoms with van der Waals surface area (Å²) in [6, 6.07) is 0. The fraction of sp³-hybridized carbons (Fsp3) is 0.727. The largest absolute Gasteiger partial charge is 0.449 e. The van der Waals surface area contributed by atoms with Crippen LogP contribution >= 0.6 is 11.8 Å². The first-order valence-corrected chi connectivity index (χ1v) is 6.69. The molecule has 3 nitrogen and oxygen atoms in total. The number of nitrogens with zero attached hydrogens (tertiary/aromatic N) is 1. The Hall–Kier alpha value is -0.480. The van der Waals surface area contributed by atoms with Crippen molar-refractivity contribution in [2.24, 2.45) is 5.92 Å². The van der Waals surface area contributed by atoms with Gasteiger partial charge in [-0.05, 0) is 37.3 Å². The molecular weight excluding hydrogens is 208 g/mol. The van der Waals surface area contributed by atoms with Crippen LogP contribution in [0, 0.1) is 5.92 Å². The monoisotopic (exact) mass is 226 g/mol. The summed E-state index contributed by atoms with van der Waals surface area (Å²) in [5.74, 6) is 4.27. The number of nitrogens with one attached hydrogen (secondary N) is 1. The Balaban J connectivity index is 1.86. The van der Waals surface area contributed by atoms with Crippen LogP contribution in [0.5, 0.6) is 0 Å². The van der Waals surface area contributed by atoms with Crippen LogP contribution in [-0.2, 0) is 13.0 Å². The van der Waals surface area contributed by atoms with E-state index in [1.165, 1.54) is 24.3 Å². The maximum atomic E-state index is 5.46. The highest BCUT2D eigenvalue weighted by Crippen LogP contribution is 2.25. The number of thioether (sulfide) groups is 1. The van der Waals surface area contributed by atoms with Gasteiger partial charge in [0.2, 0.25) is 0 Å². The highest BCUT2D eigenvalue weighted by atomic mass is 32.2. The van der Waals surface area contributed by atoms with E-state index in [9.17, 15) is 0 Å². The van der Waals surface area contributed by atoms with Crippen molar-refractivity contribution in [3.8, 4) is 0 Å². The minimum Gasteiger partial charge on any atom is -0.449 e. The lowest BCUT2D eigenvalue weighted by Crippen LogP contribution is -2.13. The second kappa shape index (κ2) is 5.56. The second-order valence-electron chi connectivity index (χ2n) is 4.05. The molecule has 15 heavy (non-hydrogen) atoms. The molecule has 1 N–H and O–H groups in total. The van der Waals surface area contributed by atoms with Gasteiger partial charge in [0.1, 0.15) is 6.26 Å². The minimum absolute atomic E-state index is 0.768. The molecule has 1 fully saturated rings. The van der Waals surface area contributed by atoms with E-state index < -0.39 is 0 Å². The van der Waals surface area contributed by atoms with Gasteiger partial charge in [-0.15, -0.1) is 0 Å². The summed E-state index contributed by atoms with van der Waals surface area (Å²) in [5, 5.41) is 3.07. The van der Waals surface area contributed by atoms with Crippen molar-refractivity contribution in [1.82, 2.24) is 10.3 Å². The van der Waals surface area contributed by atoms with Gasteiger partial charge in [0.25, 0.3) is 0 Å². The van der Waals surface area contributed by atoms with E-state index in [1.807, 2.05) is 7.05 Å². The van der Waals surface area contributed by atoms with Gasteiger partial charge in [0.05, 0.1) is 5.69 Å².